The molecule has 0 aliphatic rings. The fourth-order valence-corrected chi connectivity index (χ4v) is 1.95. The van der Waals surface area contributed by atoms with Gasteiger partial charge in [0.15, 0.2) is 0 Å². The Morgan fingerprint density at radius 3 is 2.78 bits per heavy atom. The van der Waals surface area contributed by atoms with Gasteiger partial charge in [0.05, 0.1) is 0 Å². The zero-order valence-corrected chi connectivity index (χ0v) is 11.0. The molecule has 0 bridgehead atoms. The Morgan fingerprint density at radius 1 is 1.33 bits per heavy atom. The minimum absolute atomic E-state index is 0.0981. The monoisotopic (exact) mass is 245 g/mol. The Labute approximate surface area is 107 Å². The molecule has 1 unspecified atom stereocenters. The largest absolute Gasteiger partial charge is 0.324 e. The topological polar surface area (TPSA) is 69.6 Å². The minimum atomic E-state index is -0.0981. The first-order valence-corrected chi connectivity index (χ1v) is 6.13. The number of aryl methyl sites for hydroxylation is 1. The standard InChI is InChI=1S/C13H19N5/c1-9(2)18-13(16-8-17-18)5-12(14)11-4-10(3)6-15-7-11/h4,6-9,12H,5,14H2,1-3H3. The van der Waals surface area contributed by atoms with E-state index >= 15 is 0 Å². The molecule has 0 radical (unpaired) electrons. The molecular formula is C13H19N5. The lowest BCUT2D eigenvalue weighted by atomic mass is 10.1. The second-order valence-corrected chi connectivity index (χ2v) is 4.82. The van der Waals surface area contributed by atoms with E-state index in [4.69, 9.17) is 5.73 Å². The van der Waals surface area contributed by atoms with Crippen molar-refractivity contribution in [2.75, 3.05) is 0 Å². The summed E-state index contributed by atoms with van der Waals surface area (Å²) >= 11 is 0. The zero-order valence-electron chi connectivity index (χ0n) is 11.0. The summed E-state index contributed by atoms with van der Waals surface area (Å²) in [5.41, 5.74) is 8.36. The summed E-state index contributed by atoms with van der Waals surface area (Å²) in [7, 11) is 0. The lowest BCUT2D eigenvalue weighted by Gasteiger charge is -2.14. The molecule has 2 N–H and O–H groups in total. The predicted octanol–water partition coefficient (Wildman–Crippen LogP) is 1.80. The van der Waals surface area contributed by atoms with Crippen LogP contribution < -0.4 is 5.73 Å². The van der Waals surface area contributed by atoms with E-state index < -0.39 is 0 Å². The molecule has 0 fully saturated rings. The van der Waals surface area contributed by atoms with E-state index in [1.54, 1.807) is 6.33 Å². The van der Waals surface area contributed by atoms with Crippen molar-refractivity contribution in [3.8, 4) is 0 Å². The van der Waals surface area contributed by atoms with E-state index in [2.05, 4.69) is 35.0 Å². The molecule has 2 aromatic heterocycles. The quantitative estimate of drug-likeness (QED) is 0.891. The average Bonchev–Trinajstić information content (AvgIpc) is 2.77. The van der Waals surface area contributed by atoms with E-state index in [0.717, 1.165) is 17.0 Å². The Morgan fingerprint density at radius 2 is 2.11 bits per heavy atom. The van der Waals surface area contributed by atoms with Gasteiger partial charge in [0.25, 0.3) is 0 Å². The highest BCUT2D eigenvalue weighted by Crippen LogP contribution is 2.16. The second-order valence-electron chi connectivity index (χ2n) is 4.82. The number of rotatable bonds is 4. The first-order valence-electron chi connectivity index (χ1n) is 6.13. The summed E-state index contributed by atoms with van der Waals surface area (Å²) in [4.78, 5) is 8.45. The average molecular weight is 245 g/mol. The van der Waals surface area contributed by atoms with Crippen LogP contribution in [0.2, 0.25) is 0 Å². The van der Waals surface area contributed by atoms with E-state index in [9.17, 15) is 0 Å². The normalized spacial score (nSPS) is 12.9. The Balaban J connectivity index is 2.16. The van der Waals surface area contributed by atoms with Gasteiger partial charge in [-0.05, 0) is 31.9 Å². The molecule has 0 amide bonds. The van der Waals surface area contributed by atoms with Crippen molar-refractivity contribution in [1.82, 2.24) is 19.7 Å². The van der Waals surface area contributed by atoms with Gasteiger partial charge in [-0.25, -0.2) is 9.67 Å². The van der Waals surface area contributed by atoms with Crippen molar-refractivity contribution in [3.63, 3.8) is 0 Å². The molecular weight excluding hydrogens is 226 g/mol. The first-order chi connectivity index (χ1) is 8.58. The van der Waals surface area contributed by atoms with Crippen molar-refractivity contribution in [2.24, 2.45) is 5.73 Å². The number of pyridine rings is 1. The van der Waals surface area contributed by atoms with Crippen LogP contribution in [0.15, 0.2) is 24.8 Å². The lowest BCUT2D eigenvalue weighted by Crippen LogP contribution is -2.18. The van der Waals surface area contributed by atoms with Gasteiger partial charge in [-0.15, -0.1) is 0 Å². The highest BCUT2D eigenvalue weighted by molar-refractivity contribution is 5.20. The Kier molecular flexibility index (Phi) is 3.72. The van der Waals surface area contributed by atoms with E-state index in [1.807, 2.05) is 24.0 Å². The molecule has 0 spiro atoms. The van der Waals surface area contributed by atoms with Crippen LogP contribution in [-0.4, -0.2) is 19.7 Å². The number of aromatic nitrogens is 4. The van der Waals surface area contributed by atoms with Crippen LogP contribution in [0, 0.1) is 6.92 Å². The molecule has 5 nitrogen and oxygen atoms in total. The van der Waals surface area contributed by atoms with E-state index in [-0.39, 0.29) is 6.04 Å². The SMILES string of the molecule is Cc1cncc(C(N)Cc2ncnn2C(C)C)c1. The van der Waals surface area contributed by atoms with Crippen LogP contribution in [0.5, 0.6) is 0 Å². The van der Waals surface area contributed by atoms with Crippen LogP contribution in [0.3, 0.4) is 0 Å². The third kappa shape index (κ3) is 2.73. The van der Waals surface area contributed by atoms with Crippen LogP contribution in [0.1, 0.15) is 42.9 Å². The summed E-state index contributed by atoms with van der Waals surface area (Å²) in [6, 6.07) is 2.26. The fourth-order valence-electron chi connectivity index (χ4n) is 1.95. The molecule has 96 valence electrons. The van der Waals surface area contributed by atoms with Crippen molar-refractivity contribution in [2.45, 2.75) is 39.3 Å². The number of nitrogens with zero attached hydrogens (tertiary/aromatic N) is 4. The molecule has 0 aromatic carbocycles. The maximum Gasteiger partial charge on any atom is 0.138 e. The maximum absolute atomic E-state index is 6.20. The van der Waals surface area contributed by atoms with E-state index in [0.29, 0.717) is 12.5 Å². The van der Waals surface area contributed by atoms with Crippen LogP contribution in [-0.2, 0) is 6.42 Å². The molecule has 0 saturated carbocycles. The van der Waals surface area contributed by atoms with Crippen LogP contribution in [0.4, 0.5) is 0 Å². The first kappa shape index (κ1) is 12.7. The molecule has 5 heteroatoms. The molecule has 2 rings (SSSR count). The third-order valence-electron chi connectivity index (χ3n) is 2.86. The van der Waals surface area contributed by atoms with Gasteiger partial charge in [-0.2, -0.15) is 5.10 Å². The predicted molar refractivity (Wildman–Crippen MR) is 70.0 cm³/mol. The van der Waals surface area contributed by atoms with Crippen molar-refractivity contribution < 1.29 is 0 Å². The summed E-state index contributed by atoms with van der Waals surface area (Å²) in [6.45, 7) is 6.18. The lowest BCUT2D eigenvalue weighted by molar-refractivity contribution is 0.493. The molecule has 0 saturated heterocycles. The number of hydrogen-bond donors (Lipinski definition) is 1. The van der Waals surface area contributed by atoms with Gasteiger partial charge in [-0.1, -0.05) is 6.07 Å². The van der Waals surface area contributed by atoms with E-state index in [1.165, 1.54) is 0 Å². The third-order valence-corrected chi connectivity index (χ3v) is 2.86. The molecule has 18 heavy (non-hydrogen) atoms. The smallest absolute Gasteiger partial charge is 0.138 e. The maximum atomic E-state index is 6.20. The highest BCUT2D eigenvalue weighted by Gasteiger charge is 2.13. The van der Waals surface area contributed by atoms with Gasteiger partial charge < -0.3 is 5.73 Å². The molecule has 2 heterocycles. The van der Waals surface area contributed by atoms with Gasteiger partial charge in [0.2, 0.25) is 0 Å². The molecule has 2 aromatic rings. The summed E-state index contributed by atoms with van der Waals surface area (Å²) in [5, 5.41) is 4.21. The van der Waals surface area contributed by atoms with Crippen LogP contribution in [0.25, 0.3) is 0 Å². The summed E-state index contributed by atoms with van der Waals surface area (Å²) < 4.78 is 1.91. The number of hydrogen-bond acceptors (Lipinski definition) is 4. The van der Waals surface area contributed by atoms with Gasteiger partial charge in [-0.3, -0.25) is 4.98 Å². The van der Waals surface area contributed by atoms with Gasteiger partial charge in [0, 0.05) is 30.9 Å². The Bertz CT molecular complexity index is 518. The van der Waals surface area contributed by atoms with Gasteiger partial charge in [0.1, 0.15) is 12.2 Å². The molecule has 0 aliphatic heterocycles. The minimum Gasteiger partial charge on any atom is -0.324 e. The van der Waals surface area contributed by atoms with Crippen LogP contribution >= 0.6 is 0 Å². The second kappa shape index (κ2) is 5.27. The number of nitrogens with two attached hydrogens (primary N) is 1. The van der Waals surface area contributed by atoms with Crippen molar-refractivity contribution >= 4 is 0 Å². The zero-order chi connectivity index (χ0) is 13.1. The Hall–Kier alpha value is -1.75. The summed E-state index contributed by atoms with van der Waals surface area (Å²) in [5.74, 6) is 0.916. The van der Waals surface area contributed by atoms with Crippen molar-refractivity contribution in [3.05, 3.63) is 41.7 Å². The highest BCUT2D eigenvalue weighted by atomic mass is 15.3. The molecule has 0 aliphatic carbocycles. The van der Waals surface area contributed by atoms with Crippen molar-refractivity contribution in [1.29, 1.82) is 0 Å². The fraction of sp³-hybridized carbons (Fsp3) is 0.462. The van der Waals surface area contributed by atoms with Gasteiger partial charge >= 0.3 is 0 Å². The molecule has 1 atom stereocenters. The summed E-state index contributed by atoms with van der Waals surface area (Å²) in [6.07, 6.45) is 5.89.